The van der Waals surface area contributed by atoms with Crippen molar-refractivity contribution in [3.8, 4) is 11.4 Å². The molecule has 0 bridgehead atoms. The van der Waals surface area contributed by atoms with E-state index < -0.39 is 0 Å². The van der Waals surface area contributed by atoms with E-state index in [0.717, 1.165) is 34.0 Å². The van der Waals surface area contributed by atoms with E-state index in [4.69, 9.17) is 16.6 Å². The van der Waals surface area contributed by atoms with Crippen LogP contribution in [0, 0.1) is 0 Å². The molecular weight excluding hydrogens is 352 g/mol. The molecule has 0 aliphatic carbocycles. The third-order valence-corrected chi connectivity index (χ3v) is 5.13. The second-order valence-corrected chi connectivity index (χ2v) is 8.40. The van der Waals surface area contributed by atoms with Crippen LogP contribution >= 0.6 is 11.6 Å². The summed E-state index contributed by atoms with van der Waals surface area (Å²) in [6.45, 7) is 7.49. The molecule has 0 atom stereocenters. The molecule has 136 valence electrons. The molecule has 0 aliphatic heterocycles. The SMILES string of the molecule is CC(C)(C)c1ccc(Cn2c(-c3cccc(Cl)c3)nc3ccccc32)cc1. The van der Waals surface area contributed by atoms with Gasteiger partial charge in [-0.15, -0.1) is 0 Å². The molecule has 1 aromatic heterocycles. The van der Waals surface area contributed by atoms with Crippen LogP contribution in [0.25, 0.3) is 22.4 Å². The fraction of sp³-hybridized carbons (Fsp3) is 0.208. The molecule has 0 amide bonds. The predicted octanol–water partition coefficient (Wildman–Crippen LogP) is 6.70. The second-order valence-electron chi connectivity index (χ2n) is 7.97. The van der Waals surface area contributed by atoms with Crippen LogP contribution in [0.3, 0.4) is 0 Å². The third-order valence-electron chi connectivity index (χ3n) is 4.90. The molecule has 0 unspecified atom stereocenters. The van der Waals surface area contributed by atoms with Crippen LogP contribution in [0.2, 0.25) is 5.02 Å². The summed E-state index contributed by atoms with van der Waals surface area (Å²) in [6.07, 6.45) is 0. The van der Waals surface area contributed by atoms with Crippen molar-refractivity contribution in [2.24, 2.45) is 0 Å². The zero-order valence-corrected chi connectivity index (χ0v) is 16.7. The maximum atomic E-state index is 6.23. The van der Waals surface area contributed by atoms with Gasteiger partial charge in [0.15, 0.2) is 0 Å². The standard InChI is InChI=1S/C24H23ClN2/c1-24(2,3)19-13-11-17(12-14-19)16-27-22-10-5-4-9-21(22)26-23(27)18-7-6-8-20(25)15-18/h4-15H,16H2,1-3H3. The average molecular weight is 375 g/mol. The summed E-state index contributed by atoms with van der Waals surface area (Å²) in [4.78, 5) is 4.88. The molecule has 0 fully saturated rings. The summed E-state index contributed by atoms with van der Waals surface area (Å²) in [5.74, 6) is 0.943. The lowest BCUT2D eigenvalue weighted by Gasteiger charge is -2.19. The van der Waals surface area contributed by atoms with Crippen molar-refractivity contribution in [3.05, 3.63) is 88.9 Å². The Morgan fingerprint density at radius 1 is 0.889 bits per heavy atom. The normalized spacial score (nSPS) is 11.9. The quantitative estimate of drug-likeness (QED) is 0.390. The number of nitrogens with zero attached hydrogens (tertiary/aromatic N) is 2. The molecule has 3 aromatic carbocycles. The molecular formula is C24H23ClN2. The van der Waals surface area contributed by atoms with Gasteiger partial charge in [-0.2, -0.15) is 0 Å². The number of fused-ring (bicyclic) bond motifs is 1. The maximum absolute atomic E-state index is 6.23. The third kappa shape index (κ3) is 3.63. The van der Waals surface area contributed by atoms with Gasteiger partial charge in [-0.25, -0.2) is 4.98 Å². The highest BCUT2D eigenvalue weighted by Gasteiger charge is 2.15. The van der Waals surface area contributed by atoms with Gasteiger partial charge in [0.1, 0.15) is 5.82 Å². The van der Waals surface area contributed by atoms with E-state index in [0.29, 0.717) is 0 Å². The van der Waals surface area contributed by atoms with Gasteiger partial charge in [-0.05, 0) is 40.8 Å². The van der Waals surface area contributed by atoms with Crippen LogP contribution in [0.5, 0.6) is 0 Å². The van der Waals surface area contributed by atoms with Gasteiger partial charge in [0.25, 0.3) is 0 Å². The highest BCUT2D eigenvalue weighted by atomic mass is 35.5. The minimum absolute atomic E-state index is 0.159. The summed E-state index contributed by atoms with van der Waals surface area (Å²) >= 11 is 6.23. The first-order valence-corrected chi connectivity index (χ1v) is 9.60. The molecule has 0 radical (unpaired) electrons. The Kier molecular flexibility index (Phi) is 4.53. The van der Waals surface area contributed by atoms with Crippen molar-refractivity contribution in [1.82, 2.24) is 9.55 Å². The van der Waals surface area contributed by atoms with Crippen LogP contribution < -0.4 is 0 Å². The molecule has 0 saturated heterocycles. The van der Waals surface area contributed by atoms with E-state index in [-0.39, 0.29) is 5.41 Å². The second kappa shape index (κ2) is 6.86. The Bertz CT molecular complexity index is 1090. The molecule has 27 heavy (non-hydrogen) atoms. The number of hydrogen-bond donors (Lipinski definition) is 0. The number of halogens is 1. The van der Waals surface area contributed by atoms with E-state index in [2.05, 4.69) is 73.9 Å². The first-order chi connectivity index (χ1) is 12.9. The molecule has 4 rings (SSSR count). The lowest BCUT2D eigenvalue weighted by atomic mass is 9.87. The van der Waals surface area contributed by atoms with Crippen LogP contribution in [-0.4, -0.2) is 9.55 Å². The van der Waals surface area contributed by atoms with Crippen molar-refractivity contribution in [2.45, 2.75) is 32.7 Å². The smallest absolute Gasteiger partial charge is 0.141 e. The minimum atomic E-state index is 0.159. The number of hydrogen-bond acceptors (Lipinski definition) is 1. The summed E-state index contributed by atoms with van der Waals surface area (Å²) in [5.41, 5.74) is 5.93. The van der Waals surface area contributed by atoms with Crippen molar-refractivity contribution in [3.63, 3.8) is 0 Å². The van der Waals surface area contributed by atoms with Gasteiger partial charge in [-0.3, -0.25) is 0 Å². The van der Waals surface area contributed by atoms with E-state index >= 15 is 0 Å². The zero-order chi connectivity index (χ0) is 19.0. The molecule has 1 heterocycles. The Hall–Kier alpha value is -2.58. The van der Waals surface area contributed by atoms with Gasteiger partial charge in [0, 0.05) is 17.1 Å². The lowest BCUT2D eigenvalue weighted by molar-refractivity contribution is 0.590. The van der Waals surface area contributed by atoms with Crippen molar-refractivity contribution in [1.29, 1.82) is 0 Å². The predicted molar refractivity (Wildman–Crippen MR) is 114 cm³/mol. The fourth-order valence-corrected chi connectivity index (χ4v) is 3.57. The van der Waals surface area contributed by atoms with E-state index in [9.17, 15) is 0 Å². The maximum Gasteiger partial charge on any atom is 0.141 e. The first-order valence-electron chi connectivity index (χ1n) is 9.22. The Morgan fingerprint density at radius 3 is 2.33 bits per heavy atom. The van der Waals surface area contributed by atoms with Crippen LogP contribution in [0.15, 0.2) is 72.8 Å². The van der Waals surface area contributed by atoms with Gasteiger partial charge >= 0.3 is 0 Å². The van der Waals surface area contributed by atoms with Crippen LogP contribution in [-0.2, 0) is 12.0 Å². The molecule has 0 spiro atoms. The molecule has 0 N–H and O–H groups in total. The van der Waals surface area contributed by atoms with E-state index in [1.807, 2.05) is 24.3 Å². The number of benzene rings is 3. The number of rotatable bonds is 3. The summed E-state index contributed by atoms with van der Waals surface area (Å²) in [6, 6.07) is 25.1. The van der Waals surface area contributed by atoms with Crippen molar-refractivity contribution in [2.75, 3.05) is 0 Å². The topological polar surface area (TPSA) is 17.8 Å². The largest absolute Gasteiger partial charge is 0.319 e. The van der Waals surface area contributed by atoms with Crippen LogP contribution in [0.4, 0.5) is 0 Å². The summed E-state index contributed by atoms with van der Waals surface area (Å²) in [7, 11) is 0. The van der Waals surface area contributed by atoms with E-state index in [1.54, 1.807) is 0 Å². The molecule has 2 nitrogen and oxygen atoms in total. The number of imidazole rings is 1. The Balaban J connectivity index is 1.79. The summed E-state index contributed by atoms with van der Waals surface area (Å²) < 4.78 is 2.27. The first kappa shape index (κ1) is 17.8. The van der Waals surface area contributed by atoms with E-state index in [1.165, 1.54) is 11.1 Å². The Morgan fingerprint density at radius 2 is 1.63 bits per heavy atom. The Labute approximate surface area is 165 Å². The minimum Gasteiger partial charge on any atom is -0.319 e. The summed E-state index contributed by atoms with van der Waals surface area (Å²) in [5, 5.41) is 0.723. The van der Waals surface area contributed by atoms with Gasteiger partial charge < -0.3 is 4.57 Å². The fourth-order valence-electron chi connectivity index (χ4n) is 3.38. The van der Waals surface area contributed by atoms with Crippen molar-refractivity contribution >= 4 is 22.6 Å². The highest BCUT2D eigenvalue weighted by molar-refractivity contribution is 6.30. The van der Waals surface area contributed by atoms with Gasteiger partial charge in [0.2, 0.25) is 0 Å². The zero-order valence-electron chi connectivity index (χ0n) is 15.9. The number of para-hydroxylation sites is 2. The van der Waals surface area contributed by atoms with Crippen molar-refractivity contribution < 1.29 is 0 Å². The average Bonchev–Trinajstić information content (AvgIpc) is 3.00. The molecule has 4 aromatic rings. The monoisotopic (exact) mass is 374 g/mol. The van der Waals surface area contributed by atoms with Gasteiger partial charge in [0.05, 0.1) is 11.0 Å². The van der Waals surface area contributed by atoms with Crippen LogP contribution in [0.1, 0.15) is 31.9 Å². The highest BCUT2D eigenvalue weighted by Crippen LogP contribution is 2.28. The number of aromatic nitrogens is 2. The van der Waals surface area contributed by atoms with Gasteiger partial charge in [-0.1, -0.05) is 80.9 Å². The molecule has 0 saturated carbocycles. The molecule has 0 aliphatic rings. The lowest BCUT2D eigenvalue weighted by Crippen LogP contribution is -2.11. The molecule has 3 heteroatoms.